The van der Waals surface area contributed by atoms with E-state index in [9.17, 15) is 0 Å². The van der Waals surface area contributed by atoms with Crippen molar-refractivity contribution in [1.29, 1.82) is 0 Å². The van der Waals surface area contributed by atoms with Crippen LogP contribution in [0.4, 0.5) is 5.82 Å². The van der Waals surface area contributed by atoms with Gasteiger partial charge in [0.15, 0.2) is 0 Å². The summed E-state index contributed by atoms with van der Waals surface area (Å²) in [6.07, 6.45) is 5.32. The summed E-state index contributed by atoms with van der Waals surface area (Å²) in [4.78, 5) is 13.0. The number of fused-ring (bicyclic) bond motifs is 1. The number of nitrogens with one attached hydrogen (secondary N) is 1. The van der Waals surface area contributed by atoms with Crippen molar-refractivity contribution < 1.29 is 9.47 Å². The van der Waals surface area contributed by atoms with Gasteiger partial charge in [-0.25, -0.2) is 15.0 Å². The van der Waals surface area contributed by atoms with Crippen LogP contribution in [-0.4, -0.2) is 45.9 Å². The highest BCUT2D eigenvalue weighted by atomic mass is 35.5. The number of benzene rings is 2. The van der Waals surface area contributed by atoms with Crippen molar-refractivity contribution in [3.63, 3.8) is 0 Å². The van der Waals surface area contributed by atoms with E-state index < -0.39 is 0 Å². The standard InChI is InChI=1S/C26H25Cl2N5O2/c27-23-16-33(17-30-23)21-8-4-5-9-22(21)35-15-14-34-13-12-29-25-20-11-10-19(18-6-2-1-3-7-18)24(20)31-26(28)32-25/h1-9,16-17,19H,10-15H2,(H,29,31,32). The molecule has 7 nitrogen and oxygen atoms in total. The molecular formula is C26H25Cl2N5O2. The summed E-state index contributed by atoms with van der Waals surface area (Å²) >= 11 is 12.2. The third kappa shape index (κ3) is 5.59. The van der Waals surface area contributed by atoms with E-state index in [1.807, 2.05) is 34.9 Å². The van der Waals surface area contributed by atoms with Crippen LogP contribution >= 0.6 is 23.2 Å². The molecule has 0 radical (unpaired) electrons. The van der Waals surface area contributed by atoms with E-state index in [-0.39, 0.29) is 11.2 Å². The van der Waals surface area contributed by atoms with Crippen molar-refractivity contribution in [2.75, 3.05) is 31.7 Å². The molecule has 1 aliphatic rings. The number of hydrogen-bond acceptors (Lipinski definition) is 6. The molecule has 0 saturated carbocycles. The minimum atomic E-state index is 0.252. The van der Waals surface area contributed by atoms with E-state index in [4.69, 9.17) is 32.7 Å². The Morgan fingerprint density at radius 3 is 2.63 bits per heavy atom. The summed E-state index contributed by atoms with van der Waals surface area (Å²) in [6.45, 7) is 2.01. The third-order valence-corrected chi connectivity index (χ3v) is 6.31. The SMILES string of the molecule is Clc1cn(-c2ccccc2OCCOCCNc2nc(Cl)nc3c2CCC3c2ccccc2)cn1. The van der Waals surface area contributed by atoms with Gasteiger partial charge in [0.05, 0.1) is 24.6 Å². The van der Waals surface area contributed by atoms with Gasteiger partial charge in [-0.05, 0) is 42.1 Å². The van der Waals surface area contributed by atoms with Crippen molar-refractivity contribution >= 4 is 29.0 Å². The van der Waals surface area contributed by atoms with Crippen LogP contribution in [0, 0.1) is 0 Å². The van der Waals surface area contributed by atoms with Gasteiger partial charge in [0.2, 0.25) is 5.28 Å². The van der Waals surface area contributed by atoms with Crippen molar-refractivity contribution in [2.24, 2.45) is 0 Å². The van der Waals surface area contributed by atoms with Crippen molar-refractivity contribution in [1.82, 2.24) is 19.5 Å². The minimum Gasteiger partial charge on any atom is -0.489 e. The number of nitrogens with zero attached hydrogens (tertiary/aromatic N) is 4. The topological polar surface area (TPSA) is 74.1 Å². The highest BCUT2D eigenvalue weighted by molar-refractivity contribution is 6.29. The van der Waals surface area contributed by atoms with E-state index in [0.717, 1.165) is 41.4 Å². The second-order valence-electron chi connectivity index (χ2n) is 8.17. The molecular weight excluding hydrogens is 485 g/mol. The van der Waals surface area contributed by atoms with Gasteiger partial charge in [-0.1, -0.05) is 54.1 Å². The number of imidazole rings is 1. The maximum Gasteiger partial charge on any atom is 0.224 e. The number of halogens is 2. The molecule has 1 unspecified atom stereocenters. The summed E-state index contributed by atoms with van der Waals surface area (Å²) < 4.78 is 13.5. The molecule has 0 saturated heterocycles. The van der Waals surface area contributed by atoms with Crippen LogP contribution < -0.4 is 10.1 Å². The molecule has 4 aromatic rings. The Morgan fingerprint density at radius 1 is 0.971 bits per heavy atom. The van der Waals surface area contributed by atoms with E-state index in [1.165, 1.54) is 5.56 Å². The van der Waals surface area contributed by atoms with Gasteiger partial charge in [0, 0.05) is 24.2 Å². The van der Waals surface area contributed by atoms with Gasteiger partial charge in [0.1, 0.15) is 29.7 Å². The van der Waals surface area contributed by atoms with Crippen LogP contribution in [0.5, 0.6) is 5.75 Å². The summed E-state index contributed by atoms with van der Waals surface area (Å²) in [7, 11) is 0. The smallest absolute Gasteiger partial charge is 0.224 e. The highest BCUT2D eigenvalue weighted by Crippen LogP contribution is 2.39. The Hall–Kier alpha value is -3.13. The molecule has 0 bridgehead atoms. The number of hydrogen-bond donors (Lipinski definition) is 1. The van der Waals surface area contributed by atoms with Gasteiger partial charge in [-0.2, -0.15) is 0 Å². The maximum absolute atomic E-state index is 6.26. The van der Waals surface area contributed by atoms with Crippen LogP contribution in [0.15, 0.2) is 67.1 Å². The summed E-state index contributed by atoms with van der Waals surface area (Å²) in [5.74, 6) is 1.79. The second kappa shape index (κ2) is 11.1. The number of rotatable bonds is 10. The van der Waals surface area contributed by atoms with Gasteiger partial charge in [-0.15, -0.1) is 0 Å². The Labute approximate surface area is 214 Å². The van der Waals surface area contributed by atoms with Crippen LogP contribution in [0.2, 0.25) is 10.4 Å². The molecule has 1 atom stereocenters. The molecule has 35 heavy (non-hydrogen) atoms. The molecule has 0 aliphatic heterocycles. The lowest BCUT2D eigenvalue weighted by molar-refractivity contribution is 0.107. The van der Waals surface area contributed by atoms with E-state index in [1.54, 1.807) is 12.5 Å². The molecule has 2 aromatic heterocycles. The normalized spacial score (nSPS) is 14.6. The number of ether oxygens (including phenoxy) is 2. The molecule has 0 fully saturated rings. The molecule has 5 rings (SSSR count). The molecule has 1 N–H and O–H groups in total. The number of anilines is 1. The fourth-order valence-corrected chi connectivity index (χ4v) is 4.69. The third-order valence-electron chi connectivity index (χ3n) is 5.95. The molecule has 2 heterocycles. The maximum atomic E-state index is 6.26. The highest BCUT2D eigenvalue weighted by Gasteiger charge is 2.29. The largest absolute Gasteiger partial charge is 0.489 e. The average molecular weight is 510 g/mol. The molecule has 180 valence electrons. The summed E-state index contributed by atoms with van der Waals surface area (Å²) in [5, 5.41) is 4.07. The van der Waals surface area contributed by atoms with Gasteiger partial charge < -0.3 is 19.4 Å². The first kappa shape index (κ1) is 23.6. The molecule has 1 aliphatic carbocycles. The lowest BCUT2D eigenvalue weighted by Gasteiger charge is -2.14. The van der Waals surface area contributed by atoms with E-state index in [2.05, 4.69) is 44.5 Å². The predicted molar refractivity (Wildman–Crippen MR) is 137 cm³/mol. The Kier molecular flexibility index (Phi) is 7.47. The Morgan fingerprint density at radius 2 is 1.80 bits per heavy atom. The fraction of sp³-hybridized carbons (Fsp3) is 0.269. The Balaban J connectivity index is 1.11. The monoisotopic (exact) mass is 509 g/mol. The minimum absolute atomic E-state index is 0.252. The predicted octanol–water partition coefficient (Wildman–Crippen LogP) is 5.55. The molecule has 0 spiro atoms. The quantitative estimate of drug-likeness (QED) is 0.223. The molecule has 9 heteroatoms. The first-order valence-corrected chi connectivity index (χ1v) is 12.3. The van der Waals surface area contributed by atoms with Crippen molar-refractivity contribution in [3.8, 4) is 11.4 Å². The summed E-state index contributed by atoms with van der Waals surface area (Å²) in [5.41, 5.74) is 4.29. The van der Waals surface area contributed by atoms with Crippen LogP contribution in [0.25, 0.3) is 5.69 Å². The van der Waals surface area contributed by atoms with E-state index >= 15 is 0 Å². The average Bonchev–Trinajstić information content (AvgIpc) is 3.50. The van der Waals surface area contributed by atoms with Gasteiger partial charge >= 0.3 is 0 Å². The fourth-order valence-electron chi connectivity index (χ4n) is 4.37. The Bertz CT molecular complexity index is 1280. The van der Waals surface area contributed by atoms with Gasteiger partial charge in [0.25, 0.3) is 0 Å². The van der Waals surface area contributed by atoms with E-state index in [0.29, 0.717) is 31.5 Å². The first-order valence-electron chi connectivity index (χ1n) is 11.5. The van der Waals surface area contributed by atoms with Crippen LogP contribution in [0.3, 0.4) is 0 Å². The lowest BCUT2D eigenvalue weighted by atomic mass is 9.97. The van der Waals surface area contributed by atoms with Crippen molar-refractivity contribution in [3.05, 3.63) is 94.4 Å². The summed E-state index contributed by atoms with van der Waals surface area (Å²) in [6, 6.07) is 18.2. The second-order valence-corrected chi connectivity index (χ2v) is 8.89. The van der Waals surface area contributed by atoms with Gasteiger partial charge in [-0.3, -0.25) is 0 Å². The van der Waals surface area contributed by atoms with Crippen LogP contribution in [0.1, 0.15) is 29.2 Å². The molecule has 0 amide bonds. The zero-order chi connectivity index (χ0) is 24.0. The zero-order valence-electron chi connectivity index (χ0n) is 19.0. The first-order chi connectivity index (χ1) is 17.2. The molecule has 2 aromatic carbocycles. The lowest BCUT2D eigenvalue weighted by Crippen LogP contribution is -2.15. The van der Waals surface area contributed by atoms with Crippen molar-refractivity contribution in [2.45, 2.75) is 18.8 Å². The number of aromatic nitrogens is 4. The zero-order valence-corrected chi connectivity index (χ0v) is 20.5. The number of para-hydroxylation sites is 2. The van der Waals surface area contributed by atoms with Crippen LogP contribution in [-0.2, 0) is 11.2 Å².